The van der Waals surface area contributed by atoms with Gasteiger partial charge >= 0.3 is 6.09 Å². The van der Waals surface area contributed by atoms with E-state index in [1.807, 2.05) is 20.8 Å². The van der Waals surface area contributed by atoms with Gasteiger partial charge in [-0.2, -0.15) is 4.98 Å². The molecular formula is C19H25N3O6S. The summed E-state index contributed by atoms with van der Waals surface area (Å²) in [5, 5.41) is 3.89. The lowest BCUT2D eigenvalue weighted by Crippen LogP contribution is -2.53. The van der Waals surface area contributed by atoms with Crippen molar-refractivity contribution in [1.82, 2.24) is 15.0 Å². The van der Waals surface area contributed by atoms with Crippen LogP contribution in [-0.2, 0) is 25.9 Å². The Morgan fingerprint density at radius 2 is 1.90 bits per heavy atom. The molecule has 9 nitrogen and oxygen atoms in total. The van der Waals surface area contributed by atoms with Crippen molar-refractivity contribution in [3.63, 3.8) is 0 Å². The van der Waals surface area contributed by atoms with E-state index in [1.165, 1.54) is 12.1 Å². The van der Waals surface area contributed by atoms with Crippen LogP contribution in [0.15, 0.2) is 33.7 Å². The van der Waals surface area contributed by atoms with Crippen molar-refractivity contribution in [1.29, 1.82) is 0 Å². The van der Waals surface area contributed by atoms with Crippen molar-refractivity contribution < 1.29 is 27.2 Å². The molecule has 158 valence electrons. The number of likely N-dealkylation sites (tertiary alicyclic amines) is 1. The van der Waals surface area contributed by atoms with Gasteiger partial charge in [0, 0.05) is 30.8 Å². The molecule has 1 aliphatic rings. The number of aromatic nitrogens is 2. The molecule has 10 heteroatoms. The van der Waals surface area contributed by atoms with E-state index >= 15 is 0 Å². The molecule has 0 unspecified atom stereocenters. The molecule has 1 fully saturated rings. The molecule has 0 aliphatic carbocycles. The van der Waals surface area contributed by atoms with Gasteiger partial charge < -0.3 is 18.9 Å². The third-order valence-corrected chi connectivity index (χ3v) is 5.33. The van der Waals surface area contributed by atoms with Crippen LogP contribution < -0.4 is 0 Å². The molecule has 2 aromatic rings. The third kappa shape index (κ3) is 5.77. The maximum absolute atomic E-state index is 11.9. The summed E-state index contributed by atoms with van der Waals surface area (Å²) in [5.41, 5.74) is 0.152. The smallest absolute Gasteiger partial charge is 0.410 e. The second-order valence-electron chi connectivity index (χ2n) is 8.07. The first-order valence-electron chi connectivity index (χ1n) is 9.20. The zero-order valence-electron chi connectivity index (χ0n) is 16.9. The molecule has 1 aromatic carbocycles. The topological polar surface area (TPSA) is 112 Å². The Morgan fingerprint density at radius 1 is 1.24 bits per heavy atom. The minimum atomic E-state index is -3.25. The zero-order valence-corrected chi connectivity index (χ0v) is 17.7. The lowest BCUT2D eigenvalue weighted by atomic mass is 10.0. The van der Waals surface area contributed by atoms with E-state index in [-0.39, 0.29) is 23.5 Å². The fraction of sp³-hybridized carbons (Fsp3) is 0.526. The first kappa shape index (κ1) is 21.3. The van der Waals surface area contributed by atoms with Gasteiger partial charge in [0.15, 0.2) is 9.84 Å². The van der Waals surface area contributed by atoms with E-state index < -0.39 is 15.4 Å². The van der Waals surface area contributed by atoms with E-state index in [0.29, 0.717) is 37.0 Å². The number of nitrogens with zero attached hydrogens (tertiary/aromatic N) is 3. The molecule has 0 atom stereocenters. The average Bonchev–Trinajstić information content (AvgIpc) is 3.03. The Morgan fingerprint density at radius 3 is 2.48 bits per heavy atom. The van der Waals surface area contributed by atoms with Gasteiger partial charge in [0.05, 0.1) is 11.5 Å². The molecule has 29 heavy (non-hydrogen) atoms. The summed E-state index contributed by atoms with van der Waals surface area (Å²) in [6.07, 6.45) is 0.845. The standard InChI is InChI=1S/C19H25N3O6S/c1-19(2,3)27-18(23)22-9-13(10-22)11-26-12-16-20-17(21-28-16)14-5-7-15(8-6-14)29(4,24)25/h5-8,13H,9-12H2,1-4H3. The summed E-state index contributed by atoms with van der Waals surface area (Å²) >= 11 is 0. The second-order valence-corrected chi connectivity index (χ2v) is 10.1. The number of carbonyl (C=O) groups excluding carboxylic acids is 1. The van der Waals surface area contributed by atoms with Crippen LogP contribution in [-0.4, -0.2) is 61.1 Å². The van der Waals surface area contributed by atoms with Crippen LogP contribution in [0.4, 0.5) is 4.79 Å². The summed E-state index contributed by atoms with van der Waals surface area (Å²) < 4.78 is 39.1. The highest BCUT2D eigenvalue weighted by molar-refractivity contribution is 7.90. The minimum Gasteiger partial charge on any atom is -0.444 e. The first-order chi connectivity index (χ1) is 13.5. The second kappa shape index (κ2) is 8.11. The quantitative estimate of drug-likeness (QED) is 0.697. The van der Waals surface area contributed by atoms with E-state index in [9.17, 15) is 13.2 Å². The maximum Gasteiger partial charge on any atom is 0.410 e. The van der Waals surface area contributed by atoms with Crippen molar-refractivity contribution in [2.75, 3.05) is 26.0 Å². The number of sulfone groups is 1. The highest BCUT2D eigenvalue weighted by Crippen LogP contribution is 2.21. The van der Waals surface area contributed by atoms with E-state index in [1.54, 1.807) is 17.0 Å². The fourth-order valence-electron chi connectivity index (χ4n) is 2.75. The highest BCUT2D eigenvalue weighted by atomic mass is 32.2. The average molecular weight is 423 g/mol. The van der Waals surface area contributed by atoms with Crippen molar-refractivity contribution >= 4 is 15.9 Å². The Bertz CT molecular complexity index is 957. The normalized spacial score (nSPS) is 15.2. The fourth-order valence-corrected chi connectivity index (χ4v) is 3.38. The lowest BCUT2D eigenvalue weighted by Gasteiger charge is -2.39. The van der Waals surface area contributed by atoms with Gasteiger partial charge in [-0.1, -0.05) is 5.16 Å². The number of amides is 1. The number of hydrogen-bond acceptors (Lipinski definition) is 8. The van der Waals surface area contributed by atoms with E-state index in [2.05, 4.69) is 10.1 Å². The number of carbonyl (C=O) groups is 1. The molecule has 1 aromatic heterocycles. The number of hydrogen-bond donors (Lipinski definition) is 0. The molecule has 2 heterocycles. The van der Waals surface area contributed by atoms with Gasteiger partial charge in [-0.05, 0) is 45.0 Å². The molecule has 1 amide bonds. The van der Waals surface area contributed by atoms with Crippen LogP contribution in [0.3, 0.4) is 0 Å². The molecule has 1 aliphatic heterocycles. The van der Waals surface area contributed by atoms with Crippen LogP contribution in [0, 0.1) is 5.92 Å². The molecule has 3 rings (SSSR count). The van der Waals surface area contributed by atoms with Gasteiger partial charge in [-0.15, -0.1) is 0 Å². The van der Waals surface area contributed by atoms with Crippen molar-refractivity contribution in [2.45, 2.75) is 37.9 Å². The highest BCUT2D eigenvalue weighted by Gasteiger charge is 2.33. The summed E-state index contributed by atoms with van der Waals surface area (Å²) in [6.45, 7) is 7.34. The van der Waals surface area contributed by atoms with E-state index in [0.717, 1.165) is 6.26 Å². The molecule has 0 saturated carbocycles. The lowest BCUT2D eigenvalue weighted by molar-refractivity contribution is -0.0253. The number of ether oxygens (including phenoxy) is 2. The van der Waals surface area contributed by atoms with E-state index in [4.69, 9.17) is 14.0 Å². The molecule has 0 spiro atoms. The van der Waals surface area contributed by atoms with Crippen LogP contribution in [0.2, 0.25) is 0 Å². The Kier molecular flexibility index (Phi) is 5.95. The predicted octanol–water partition coefficient (Wildman–Crippen LogP) is 2.52. The third-order valence-electron chi connectivity index (χ3n) is 4.20. The Balaban J connectivity index is 1.43. The van der Waals surface area contributed by atoms with Crippen LogP contribution >= 0.6 is 0 Å². The Labute approximate surface area is 169 Å². The van der Waals surface area contributed by atoms with Crippen molar-refractivity contribution in [3.8, 4) is 11.4 Å². The summed E-state index contributed by atoms with van der Waals surface area (Å²) in [4.78, 5) is 18.0. The number of benzene rings is 1. The molecule has 1 saturated heterocycles. The van der Waals surface area contributed by atoms with Crippen LogP contribution in [0.1, 0.15) is 26.7 Å². The largest absolute Gasteiger partial charge is 0.444 e. The summed E-state index contributed by atoms with van der Waals surface area (Å²) in [7, 11) is -3.25. The molecule has 0 N–H and O–H groups in total. The first-order valence-corrected chi connectivity index (χ1v) is 11.1. The monoisotopic (exact) mass is 423 g/mol. The maximum atomic E-state index is 11.9. The van der Waals surface area contributed by atoms with Crippen molar-refractivity contribution in [2.24, 2.45) is 5.92 Å². The summed E-state index contributed by atoms with van der Waals surface area (Å²) in [6, 6.07) is 6.27. The van der Waals surface area contributed by atoms with Crippen LogP contribution in [0.25, 0.3) is 11.4 Å². The van der Waals surface area contributed by atoms with Crippen LogP contribution in [0.5, 0.6) is 0 Å². The molecule has 0 radical (unpaired) electrons. The van der Waals surface area contributed by atoms with Crippen molar-refractivity contribution in [3.05, 3.63) is 30.2 Å². The summed E-state index contributed by atoms with van der Waals surface area (Å²) in [5.74, 6) is 0.937. The minimum absolute atomic E-state index is 0.164. The van der Waals surface area contributed by atoms with Gasteiger partial charge in [0.1, 0.15) is 12.2 Å². The Hall–Kier alpha value is -2.46. The molecular weight excluding hydrogens is 398 g/mol. The van der Waals surface area contributed by atoms with Gasteiger partial charge in [-0.25, -0.2) is 13.2 Å². The number of rotatable bonds is 6. The van der Waals surface area contributed by atoms with Gasteiger partial charge in [0.2, 0.25) is 5.82 Å². The molecule has 0 bridgehead atoms. The zero-order chi connectivity index (χ0) is 21.2. The predicted molar refractivity (Wildman–Crippen MR) is 104 cm³/mol. The SMILES string of the molecule is CC(C)(C)OC(=O)N1CC(COCc2nc(-c3ccc(S(C)(=O)=O)cc3)no2)C1. The van der Waals surface area contributed by atoms with Gasteiger partial charge in [-0.3, -0.25) is 0 Å². The van der Waals surface area contributed by atoms with Gasteiger partial charge in [0.25, 0.3) is 5.89 Å².